The molecule has 0 aromatic heterocycles. The van der Waals surface area contributed by atoms with Crippen LogP contribution in [0.2, 0.25) is 0 Å². The van der Waals surface area contributed by atoms with Gasteiger partial charge in [0.2, 0.25) is 0 Å². The van der Waals surface area contributed by atoms with Crippen molar-refractivity contribution in [2.24, 2.45) is 0 Å². The third-order valence-electron chi connectivity index (χ3n) is 2.88. The van der Waals surface area contributed by atoms with E-state index in [0.717, 1.165) is 23.8 Å². The van der Waals surface area contributed by atoms with Crippen LogP contribution in [-0.2, 0) is 4.79 Å². The van der Waals surface area contributed by atoms with E-state index in [4.69, 9.17) is 0 Å². The minimum Gasteiger partial charge on any atom is -0.479 e. The van der Waals surface area contributed by atoms with Crippen molar-refractivity contribution in [3.05, 3.63) is 65.2 Å². The zero-order valence-electron chi connectivity index (χ0n) is 10.7. The lowest BCUT2D eigenvalue weighted by Crippen LogP contribution is -2.21. The minimum absolute atomic E-state index is 0.238. The normalized spacial score (nSPS) is 11.9. The summed E-state index contributed by atoms with van der Waals surface area (Å²) in [6, 6.07) is 8.35. The van der Waals surface area contributed by atoms with Gasteiger partial charge >= 0.3 is 5.97 Å². The van der Waals surface area contributed by atoms with Gasteiger partial charge in [0.05, 0.1) is 0 Å². The van der Waals surface area contributed by atoms with Gasteiger partial charge in [-0.1, -0.05) is 17.7 Å². The van der Waals surface area contributed by atoms with Gasteiger partial charge < -0.3 is 10.4 Å². The summed E-state index contributed by atoms with van der Waals surface area (Å²) in [4.78, 5) is 11.3. The van der Waals surface area contributed by atoms with E-state index in [9.17, 15) is 18.7 Å². The zero-order chi connectivity index (χ0) is 14.7. The maximum absolute atomic E-state index is 13.7. The lowest BCUT2D eigenvalue weighted by molar-refractivity contribution is -0.138. The van der Waals surface area contributed by atoms with Gasteiger partial charge in [-0.05, 0) is 37.3 Å². The van der Waals surface area contributed by atoms with E-state index in [-0.39, 0.29) is 5.56 Å². The fraction of sp³-hybridized carbons (Fsp3) is 0.133. The number of anilines is 1. The standard InChI is InChI=1S/C15H13F2NO2/c1-9-2-5-11(6-3-9)18-14(15(19)20)12-8-10(16)4-7-13(12)17/h2-8,14,18H,1H3,(H,19,20). The van der Waals surface area contributed by atoms with Crippen LogP contribution >= 0.6 is 0 Å². The second-order valence-corrected chi connectivity index (χ2v) is 4.45. The number of aryl methyl sites for hydroxylation is 1. The summed E-state index contributed by atoms with van der Waals surface area (Å²) in [7, 11) is 0. The molecular weight excluding hydrogens is 264 g/mol. The van der Waals surface area contributed by atoms with Crippen LogP contribution in [0.1, 0.15) is 17.2 Å². The van der Waals surface area contributed by atoms with Crippen molar-refractivity contribution >= 4 is 11.7 Å². The van der Waals surface area contributed by atoms with Crippen LogP contribution in [0.5, 0.6) is 0 Å². The quantitative estimate of drug-likeness (QED) is 0.899. The molecule has 0 radical (unpaired) electrons. The zero-order valence-corrected chi connectivity index (χ0v) is 10.7. The molecular formula is C15H13F2NO2. The summed E-state index contributed by atoms with van der Waals surface area (Å²) in [6.45, 7) is 1.89. The van der Waals surface area contributed by atoms with Crippen LogP contribution in [0, 0.1) is 18.6 Å². The number of carboxylic acids is 1. The number of aliphatic carboxylic acids is 1. The van der Waals surface area contributed by atoms with Crippen molar-refractivity contribution < 1.29 is 18.7 Å². The van der Waals surface area contributed by atoms with E-state index in [1.54, 1.807) is 24.3 Å². The van der Waals surface area contributed by atoms with Crippen LogP contribution < -0.4 is 5.32 Å². The first-order valence-electron chi connectivity index (χ1n) is 5.98. The molecule has 5 heteroatoms. The van der Waals surface area contributed by atoms with Crippen LogP contribution in [-0.4, -0.2) is 11.1 Å². The van der Waals surface area contributed by atoms with Gasteiger partial charge in [-0.3, -0.25) is 0 Å². The Morgan fingerprint density at radius 1 is 1.15 bits per heavy atom. The Hall–Kier alpha value is -2.43. The van der Waals surface area contributed by atoms with Crippen molar-refractivity contribution in [2.75, 3.05) is 5.32 Å². The van der Waals surface area contributed by atoms with Crippen molar-refractivity contribution in [1.82, 2.24) is 0 Å². The molecule has 0 aliphatic rings. The molecule has 0 amide bonds. The van der Waals surface area contributed by atoms with Gasteiger partial charge in [0.15, 0.2) is 6.04 Å². The Balaban J connectivity index is 2.34. The van der Waals surface area contributed by atoms with Crippen LogP contribution in [0.4, 0.5) is 14.5 Å². The number of benzene rings is 2. The number of carbonyl (C=O) groups is 1. The summed E-state index contributed by atoms with van der Waals surface area (Å²) in [6.07, 6.45) is 0. The highest BCUT2D eigenvalue weighted by Gasteiger charge is 2.23. The molecule has 0 fully saturated rings. The minimum atomic E-state index is -1.35. The van der Waals surface area contributed by atoms with Gasteiger partial charge in [0, 0.05) is 11.3 Å². The first kappa shape index (κ1) is 14.0. The number of rotatable bonds is 4. The van der Waals surface area contributed by atoms with Crippen LogP contribution in [0.3, 0.4) is 0 Å². The highest BCUT2D eigenvalue weighted by Crippen LogP contribution is 2.23. The van der Waals surface area contributed by atoms with E-state index < -0.39 is 23.6 Å². The maximum Gasteiger partial charge on any atom is 0.330 e. The molecule has 104 valence electrons. The molecule has 0 saturated carbocycles. The molecule has 0 aliphatic heterocycles. The third kappa shape index (κ3) is 3.12. The van der Waals surface area contributed by atoms with Crippen molar-refractivity contribution in [3.63, 3.8) is 0 Å². The van der Waals surface area contributed by atoms with Gasteiger partial charge in [0.1, 0.15) is 11.6 Å². The molecule has 0 aliphatic carbocycles. The maximum atomic E-state index is 13.7. The van der Waals surface area contributed by atoms with E-state index >= 15 is 0 Å². The molecule has 0 heterocycles. The van der Waals surface area contributed by atoms with Crippen LogP contribution in [0.25, 0.3) is 0 Å². The summed E-state index contributed by atoms with van der Waals surface area (Å²) in [5, 5.41) is 11.9. The summed E-state index contributed by atoms with van der Waals surface area (Å²) in [5.74, 6) is -2.73. The van der Waals surface area contributed by atoms with Gasteiger partial charge in [0.25, 0.3) is 0 Å². The second kappa shape index (κ2) is 5.69. The van der Waals surface area contributed by atoms with E-state index in [1.165, 1.54) is 0 Å². The summed E-state index contributed by atoms with van der Waals surface area (Å²) < 4.78 is 26.9. The largest absolute Gasteiger partial charge is 0.479 e. The second-order valence-electron chi connectivity index (χ2n) is 4.45. The van der Waals surface area contributed by atoms with Crippen molar-refractivity contribution in [3.8, 4) is 0 Å². The molecule has 0 spiro atoms. The molecule has 3 nitrogen and oxygen atoms in total. The highest BCUT2D eigenvalue weighted by molar-refractivity contribution is 5.79. The van der Waals surface area contributed by atoms with E-state index in [1.807, 2.05) is 6.92 Å². The Kier molecular flexibility index (Phi) is 3.98. The Morgan fingerprint density at radius 3 is 2.40 bits per heavy atom. The molecule has 2 aromatic carbocycles. The first-order chi connectivity index (χ1) is 9.47. The molecule has 2 aromatic rings. The van der Waals surface area contributed by atoms with Gasteiger partial charge in [-0.15, -0.1) is 0 Å². The molecule has 1 unspecified atom stereocenters. The SMILES string of the molecule is Cc1ccc(NC(C(=O)O)c2cc(F)ccc2F)cc1. The highest BCUT2D eigenvalue weighted by atomic mass is 19.1. The molecule has 20 heavy (non-hydrogen) atoms. The van der Waals surface area contributed by atoms with Crippen LogP contribution in [0.15, 0.2) is 42.5 Å². The lowest BCUT2D eigenvalue weighted by atomic mass is 10.1. The Morgan fingerprint density at radius 2 is 1.80 bits per heavy atom. The van der Waals surface area contributed by atoms with Gasteiger partial charge in [-0.2, -0.15) is 0 Å². The topological polar surface area (TPSA) is 49.3 Å². The number of halogens is 2. The number of hydrogen-bond donors (Lipinski definition) is 2. The fourth-order valence-corrected chi connectivity index (χ4v) is 1.82. The fourth-order valence-electron chi connectivity index (χ4n) is 1.82. The Labute approximate surface area is 114 Å². The monoisotopic (exact) mass is 277 g/mol. The third-order valence-corrected chi connectivity index (χ3v) is 2.88. The summed E-state index contributed by atoms with van der Waals surface area (Å²) in [5.41, 5.74) is 1.30. The Bertz CT molecular complexity index is 626. The van der Waals surface area contributed by atoms with Gasteiger partial charge in [-0.25, -0.2) is 13.6 Å². The van der Waals surface area contributed by atoms with E-state index in [2.05, 4.69) is 5.32 Å². The lowest BCUT2D eigenvalue weighted by Gasteiger charge is -2.17. The van der Waals surface area contributed by atoms with Crippen molar-refractivity contribution in [1.29, 1.82) is 0 Å². The number of carboxylic acid groups (broad SMARTS) is 1. The van der Waals surface area contributed by atoms with E-state index in [0.29, 0.717) is 5.69 Å². The summed E-state index contributed by atoms with van der Waals surface area (Å²) >= 11 is 0. The smallest absolute Gasteiger partial charge is 0.330 e. The molecule has 1 atom stereocenters. The first-order valence-corrected chi connectivity index (χ1v) is 5.98. The molecule has 2 N–H and O–H groups in total. The van der Waals surface area contributed by atoms with Crippen molar-refractivity contribution in [2.45, 2.75) is 13.0 Å². The molecule has 2 rings (SSSR count). The number of hydrogen-bond acceptors (Lipinski definition) is 2. The molecule has 0 bridgehead atoms. The number of nitrogens with one attached hydrogen (secondary N) is 1. The predicted octanol–water partition coefficient (Wildman–Crippen LogP) is 3.51. The average Bonchev–Trinajstić information content (AvgIpc) is 2.41. The predicted molar refractivity (Wildman–Crippen MR) is 71.5 cm³/mol. The average molecular weight is 277 g/mol. The molecule has 0 saturated heterocycles.